The Morgan fingerprint density at radius 3 is 2.80 bits per heavy atom. The number of hydrogen-bond acceptors (Lipinski definition) is 2. The van der Waals surface area contributed by atoms with Gasteiger partial charge in [-0.2, -0.15) is 0 Å². The van der Waals surface area contributed by atoms with Crippen molar-refractivity contribution in [3.8, 4) is 0 Å². The highest BCUT2D eigenvalue weighted by atomic mass is 16.3. The molecule has 0 heterocycles. The highest BCUT2D eigenvalue weighted by Crippen LogP contribution is 1.97. The standard InChI is InChI=1S/C8H15NO/c1-7(9)5-3-4-6-8(2)10/h3,5,8,10H,1,4,6,9H2,2H3/b5-3+/t8-/m1/s1. The van der Waals surface area contributed by atoms with Gasteiger partial charge in [0.05, 0.1) is 6.10 Å². The summed E-state index contributed by atoms with van der Waals surface area (Å²) in [5.74, 6) is 0. The first-order chi connectivity index (χ1) is 4.63. The zero-order valence-corrected chi connectivity index (χ0v) is 6.38. The van der Waals surface area contributed by atoms with Crippen LogP contribution in [0.5, 0.6) is 0 Å². The smallest absolute Gasteiger partial charge is 0.0515 e. The average Bonchev–Trinajstić information content (AvgIpc) is 1.79. The van der Waals surface area contributed by atoms with Gasteiger partial charge in [-0.05, 0) is 25.8 Å². The van der Waals surface area contributed by atoms with Crippen molar-refractivity contribution in [1.29, 1.82) is 0 Å². The van der Waals surface area contributed by atoms with Gasteiger partial charge in [0.1, 0.15) is 0 Å². The monoisotopic (exact) mass is 141 g/mol. The van der Waals surface area contributed by atoms with Crippen LogP contribution in [0.15, 0.2) is 24.4 Å². The zero-order valence-electron chi connectivity index (χ0n) is 6.38. The predicted octanol–water partition coefficient (Wildman–Crippen LogP) is 1.18. The normalized spacial score (nSPS) is 13.8. The third kappa shape index (κ3) is 7.24. The van der Waals surface area contributed by atoms with Crippen molar-refractivity contribution in [2.75, 3.05) is 0 Å². The first kappa shape index (κ1) is 9.24. The molecule has 0 bridgehead atoms. The van der Waals surface area contributed by atoms with E-state index in [-0.39, 0.29) is 6.10 Å². The van der Waals surface area contributed by atoms with Crippen molar-refractivity contribution < 1.29 is 5.11 Å². The SMILES string of the molecule is C=C(N)/C=C/CC[C@@H](C)O. The van der Waals surface area contributed by atoms with Gasteiger partial charge in [-0.1, -0.05) is 12.7 Å². The molecule has 0 aromatic heterocycles. The topological polar surface area (TPSA) is 46.2 Å². The second kappa shape index (κ2) is 5.06. The summed E-state index contributed by atoms with van der Waals surface area (Å²) >= 11 is 0. The van der Waals surface area contributed by atoms with Gasteiger partial charge in [0, 0.05) is 5.70 Å². The van der Waals surface area contributed by atoms with Crippen LogP contribution in [0.4, 0.5) is 0 Å². The first-order valence-corrected chi connectivity index (χ1v) is 3.42. The average molecular weight is 141 g/mol. The molecular weight excluding hydrogens is 126 g/mol. The quantitative estimate of drug-likeness (QED) is 0.577. The molecule has 3 N–H and O–H groups in total. The maximum Gasteiger partial charge on any atom is 0.0515 e. The molecule has 0 radical (unpaired) electrons. The van der Waals surface area contributed by atoms with Gasteiger partial charge >= 0.3 is 0 Å². The maximum absolute atomic E-state index is 8.83. The lowest BCUT2D eigenvalue weighted by atomic mass is 10.2. The molecule has 58 valence electrons. The molecule has 0 rings (SSSR count). The molecule has 1 atom stereocenters. The van der Waals surface area contributed by atoms with Crippen LogP contribution in [0.1, 0.15) is 19.8 Å². The van der Waals surface area contributed by atoms with E-state index in [9.17, 15) is 0 Å². The summed E-state index contributed by atoms with van der Waals surface area (Å²) in [7, 11) is 0. The zero-order chi connectivity index (χ0) is 7.98. The largest absolute Gasteiger partial charge is 0.399 e. The van der Waals surface area contributed by atoms with Crippen molar-refractivity contribution >= 4 is 0 Å². The van der Waals surface area contributed by atoms with Crippen molar-refractivity contribution in [3.05, 3.63) is 24.4 Å². The van der Waals surface area contributed by atoms with Crippen LogP contribution in [0.2, 0.25) is 0 Å². The van der Waals surface area contributed by atoms with E-state index in [0.717, 1.165) is 12.8 Å². The minimum absolute atomic E-state index is 0.226. The number of aliphatic hydroxyl groups excluding tert-OH is 1. The first-order valence-electron chi connectivity index (χ1n) is 3.42. The maximum atomic E-state index is 8.83. The van der Waals surface area contributed by atoms with E-state index in [0.29, 0.717) is 5.70 Å². The van der Waals surface area contributed by atoms with E-state index < -0.39 is 0 Å². The molecule has 10 heavy (non-hydrogen) atoms. The van der Waals surface area contributed by atoms with Crippen LogP contribution in [0.3, 0.4) is 0 Å². The third-order valence-electron chi connectivity index (χ3n) is 1.08. The molecule has 0 aliphatic heterocycles. The van der Waals surface area contributed by atoms with Gasteiger partial charge in [-0.15, -0.1) is 0 Å². The van der Waals surface area contributed by atoms with E-state index >= 15 is 0 Å². The van der Waals surface area contributed by atoms with Crippen molar-refractivity contribution in [1.82, 2.24) is 0 Å². The second-order valence-corrected chi connectivity index (χ2v) is 2.40. The Bertz CT molecular complexity index is 127. The summed E-state index contributed by atoms with van der Waals surface area (Å²) in [5, 5.41) is 8.83. The van der Waals surface area contributed by atoms with Gasteiger partial charge in [-0.25, -0.2) is 0 Å². The molecule has 0 aliphatic carbocycles. The summed E-state index contributed by atoms with van der Waals surface area (Å²) in [6, 6.07) is 0. The Labute approximate surface area is 62.0 Å². The molecule has 0 amide bonds. The van der Waals surface area contributed by atoms with Crippen LogP contribution >= 0.6 is 0 Å². The summed E-state index contributed by atoms with van der Waals surface area (Å²) in [5.41, 5.74) is 5.83. The lowest BCUT2D eigenvalue weighted by Gasteiger charge is -1.97. The lowest BCUT2D eigenvalue weighted by Crippen LogP contribution is -1.97. The molecule has 0 spiro atoms. The minimum Gasteiger partial charge on any atom is -0.399 e. The molecule has 0 aromatic carbocycles. The van der Waals surface area contributed by atoms with Crippen molar-refractivity contribution in [2.24, 2.45) is 5.73 Å². The molecule has 2 nitrogen and oxygen atoms in total. The van der Waals surface area contributed by atoms with Crippen molar-refractivity contribution in [3.63, 3.8) is 0 Å². The number of rotatable bonds is 4. The molecule has 0 saturated heterocycles. The van der Waals surface area contributed by atoms with E-state index in [4.69, 9.17) is 10.8 Å². The molecule has 0 fully saturated rings. The molecule has 0 aromatic rings. The van der Waals surface area contributed by atoms with Crippen LogP contribution in [-0.2, 0) is 0 Å². The van der Waals surface area contributed by atoms with E-state index in [1.165, 1.54) is 0 Å². The Morgan fingerprint density at radius 2 is 2.40 bits per heavy atom. The number of allylic oxidation sites excluding steroid dienone is 2. The van der Waals surface area contributed by atoms with Crippen LogP contribution in [0, 0.1) is 0 Å². The summed E-state index contributed by atoms with van der Waals surface area (Å²) in [4.78, 5) is 0. The van der Waals surface area contributed by atoms with Gasteiger partial charge in [0.25, 0.3) is 0 Å². The Hall–Kier alpha value is -0.760. The highest BCUT2D eigenvalue weighted by Gasteiger charge is 1.90. The summed E-state index contributed by atoms with van der Waals surface area (Å²) < 4.78 is 0. The number of hydrogen-bond donors (Lipinski definition) is 2. The fraction of sp³-hybridized carbons (Fsp3) is 0.500. The van der Waals surface area contributed by atoms with Gasteiger partial charge in [0.15, 0.2) is 0 Å². The minimum atomic E-state index is -0.226. The number of aliphatic hydroxyl groups is 1. The van der Waals surface area contributed by atoms with Gasteiger partial charge in [0.2, 0.25) is 0 Å². The molecule has 0 saturated carbocycles. The van der Waals surface area contributed by atoms with E-state index in [1.807, 2.05) is 6.08 Å². The lowest BCUT2D eigenvalue weighted by molar-refractivity contribution is 0.186. The predicted molar refractivity (Wildman–Crippen MR) is 43.4 cm³/mol. The van der Waals surface area contributed by atoms with Crippen LogP contribution in [-0.4, -0.2) is 11.2 Å². The van der Waals surface area contributed by atoms with Crippen LogP contribution in [0.25, 0.3) is 0 Å². The van der Waals surface area contributed by atoms with Gasteiger partial charge < -0.3 is 10.8 Å². The third-order valence-corrected chi connectivity index (χ3v) is 1.08. The number of nitrogens with two attached hydrogens (primary N) is 1. The summed E-state index contributed by atoms with van der Waals surface area (Å²) in [6.45, 7) is 5.27. The molecule has 0 unspecified atom stereocenters. The van der Waals surface area contributed by atoms with Crippen molar-refractivity contribution in [2.45, 2.75) is 25.9 Å². The van der Waals surface area contributed by atoms with E-state index in [1.54, 1.807) is 13.0 Å². The Morgan fingerprint density at radius 1 is 1.80 bits per heavy atom. The molecular formula is C8H15NO. The molecule has 2 heteroatoms. The van der Waals surface area contributed by atoms with Gasteiger partial charge in [-0.3, -0.25) is 0 Å². The van der Waals surface area contributed by atoms with Crippen LogP contribution < -0.4 is 5.73 Å². The second-order valence-electron chi connectivity index (χ2n) is 2.40. The molecule has 0 aliphatic rings. The van der Waals surface area contributed by atoms with E-state index in [2.05, 4.69) is 6.58 Å². The Balaban J connectivity index is 3.27. The highest BCUT2D eigenvalue weighted by molar-refractivity contribution is 5.09. The summed E-state index contributed by atoms with van der Waals surface area (Å²) in [6.07, 6.45) is 5.07. The fourth-order valence-corrected chi connectivity index (χ4v) is 0.572. The Kier molecular flexibility index (Phi) is 4.67. The fourth-order valence-electron chi connectivity index (χ4n) is 0.572.